The van der Waals surface area contributed by atoms with Crippen LogP contribution in [0.3, 0.4) is 0 Å². The van der Waals surface area contributed by atoms with Crippen LogP contribution in [0.1, 0.15) is 33.2 Å². The first-order chi connectivity index (χ1) is 13.0. The van der Waals surface area contributed by atoms with Crippen molar-refractivity contribution in [2.45, 2.75) is 18.9 Å². The van der Waals surface area contributed by atoms with Gasteiger partial charge in [0.25, 0.3) is 11.8 Å². The highest BCUT2D eigenvalue weighted by atomic mass is 16.7. The summed E-state index contributed by atoms with van der Waals surface area (Å²) in [6, 6.07) is 11.6. The lowest BCUT2D eigenvalue weighted by Crippen LogP contribution is -2.56. The van der Waals surface area contributed by atoms with Crippen molar-refractivity contribution in [2.75, 3.05) is 6.79 Å². The molecule has 0 aromatic heterocycles. The predicted octanol–water partition coefficient (Wildman–Crippen LogP) is 1.35. The lowest BCUT2D eigenvalue weighted by atomic mass is 9.89. The van der Waals surface area contributed by atoms with Gasteiger partial charge in [0.15, 0.2) is 17.1 Å². The number of hydrogen-bond donors (Lipinski definition) is 2. The molecule has 0 fully saturated rings. The molecule has 2 aliphatic heterocycles. The number of amides is 2. The Hall–Kier alpha value is -3.55. The predicted molar refractivity (Wildman–Crippen MR) is 92.1 cm³/mol. The molecule has 0 bridgehead atoms. The highest BCUT2D eigenvalue weighted by molar-refractivity contribution is 5.99. The van der Waals surface area contributed by atoms with Crippen LogP contribution < -0.4 is 20.3 Å². The topological polar surface area (TPSA) is 103 Å². The van der Waals surface area contributed by atoms with E-state index in [9.17, 15) is 14.4 Å². The van der Waals surface area contributed by atoms with Crippen molar-refractivity contribution in [3.8, 4) is 11.5 Å². The van der Waals surface area contributed by atoms with Gasteiger partial charge in [0.1, 0.15) is 0 Å². The first-order valence-electron chi connectivity index (χ1n) is 8.28. The van der Waals surface area contributed by atoms with E-state index in [1.807, 2.05) is 0 Å². The molecule has 2 heterocycles. The number of hydrogen-bond acceptors (Lipinski definition) is 6. The van der Waals surface area contributed by atoms with Gasteiger partial charge in [0.2, 0.25) is 6.79 Å². The summed E-state index contributed by atoms with van der Waals surface area (Å²) in [6.07, 6.45) is 0.209. The number of fused-ring (bicyclic) bond motifs is 2. The van der Waals surface area contributed by atoms with Crippen LogP contribution in [0.15, 0.2) is 42.5 Å². The van der Waals surface area contributed by atoms with Gasteiger partial charge in [-0.05, 0) is 36.8 Å². The molecule has 2 aromatic rings. The molecule has 8 heteroatoms. The quantitative estimate of drug-likeness (QED) is 0.613. The van der Waals surface area contributed by atoms with Crippen LogP contribution >= 0.6 is 0 Å². The van der Waals surface area contributed by atoms with Crippen molar-refractivity contribution in [2.24, 2.45) is 0 Å². The van der Waals surface area contributed by atoms with E-state index in [4.69, 9.17) is 14.2 Å². The average molecular weight is 368 g/mol. The van der Waals surface area contributed by atoms with Crippen LogP contribution in [0.2, 0.25) is 0 Å². The number of esters is 1. The Morgan fingerprint density at radius 3 is 2.67 bits per heavy atom. The Morgan fingerprint density at radius 2 is 1.81 bits per heavy atom. The Kier molecular flexibility index (Phi) is 3.95. The Balaban J connectivity index is 1.43. The molecule has 0 aliphatic carbocycles. The molecule has 8 nitrogen and oxygen atoms in total. The molecule has 0 unspecified atom stereocenters. The van der Waals surface area contributed by atoms with Crippen molar-refractivity contribution in [3.05, 3.63) is 59.2 Å². The fraction of sp³-hybridized carbons (Fsp3) is 0.211. The fourth-order valence-corrected chi connectivity index (χ4v) is 3.01. The number of carbonyl (C=O) groups is 3. The maximum atomic E-state index is 12.6. The minimum atomic E-state index is -1.42. The number of rotatable bonds is 2. The van der Waals surface area contributed by atoms with E-state index in [0.29, 0.717) is 22.6 Å². The standard InChI is InChI=1S/C19H16N2O6/c1-19(9-12-4-2-3-5-13(12)17(23)27-19)18(24)21-20-16(22)11-6-7-14-15(8-11)26-10-25-14/h2-8H,9-10H2,1H3,(H,20,22)(H,21,24)/t19-/m0/s1. The molecule has 0 saturated carbocycles. The summed E-state index contributed by atoms with van der Waals surface area (Å²) in [4.78, 5) is 37.0. The smallest absolute Gasteiger partial charge is 0.339 e. The van der Waals surface area contributed by atoms with Crippen LogP contribution in [0.5, 0.6) is 11.5 Å². The van der Waals surface area contributed by atoms with Crippen molar-refractivity contribution in [3.63, 3.8) is 0 Å². The summed E-state index contributed by atoms with van der Waals surface area (Å²) in [5.74, 6) is -0.724. The zero-order valence-electron chi connectivity index (χ0n) is 14.4. The van der Waals surface area contributed by atoms with Crippen molar-refractivity contribution in [1.29, 1.82) is 0 Å². The number of benzene rings is 2. The molecule has 1 atom stereocenters. The minimum Gasteiger partial charge on any atom is -0.454 e. The summed E-state index contributed by atoms with van der Waals surface area (Å²) in [5.41, 5.74) is 4.67. The fourth-order valence-electron chi connectivity index (χ4n) is 3.01. The summed E-state index contributed by atoms with van der Waals surface area (Å²) < 4.78 is 15.7. The highest BCUT2D eigenvalue weighted by Crippen LogP contribution is 2.32. The molecule has 0 spiro atoms. The van der Waals surface area contributed by atoms with E-state index in [2.05, 4.69) is 10.9 Å². The SMILES string of the molecule is C[C@@]1(C(=O)NNC(=O)c2ccc3c(c2)OCO3)Cc2ccccc2C(=O)O1. The molecule has 2 amide bonds. The second-order valence-electron chi connectivity index (χ2n) is 6.43. The highest BCUT2D eigenvalue weighted by Gasteiger charge is 2.42. The van der Waals surface area contributed by atoms with Gasteiger partial charge in [0.05, 0.1) is 5.56 Å². The van der Waals surface area contributed by atoms with Crippen LogP contribution in [0, 0.1) is 0 Å². The molecular weight excluding hydrogens is 352 g/mol. The summed E-state index contributed by atoms with van der Waals surface area (Å²) in [6.45, 7) is 1.60. The van der Waals surface area contributed by atoms with E-state index in [1.54, 1.807) is 36.4 Å². The van der Waals surface area contributed by atoms with Gasteiger partial charge >= 0.3 is 5.97 Å². The maximum absolute atomic E-state index is 12.6. The van der Waals surface area contributed by atoms with Crippen LogP contribution in [0.4, 0.5) is 0 Å². The summed E-state index contributed by atoms with van der Waals surface area (Å²) in [7, 11) is 0. The molecule has 2 aliphatic rings. The molecule has 2 aromatic carbocycles. The van der Waals surface area contributed by atoms with E-state index < -0.39 is 23.4 Å². The van der Waals surface area contributed by atoms with Crippen LogP contribution in [-0.4, -0.2) is 30.2 Å². The van der Waals surface area contributed by atoms with Gasteiger partial charge in [-0.3, -0.25) is 20.4 Å². The third-order valence-electron chi connectivity index (χ3n) is 4.49. The number of ether oxygens (including phenoxy) is 3. The average Bonchev–Trinajstić information content (AvgIpc) is 3.13. The Morgan fingerprint density at radius 1 is 1.04 bits per heavy atom. The van der Waals surface area contributed by atoms with Crippen molar-refractivity contribution < 1.29 is 28.6 Å². The van der Waals surface area contributed by atoms with Crippen LogP contribution in [-0.2, 0) is 16.0 Å². The lowest BCUT2D eigenvalue weighted by molar-refractivity contribution is -0.140. The monoisotopic (exact) mass is 368 g/mol. The molecule has 27 heavy (non-hydrogen) atoms. The first-order valence-corrected chi connectivity index (χ1v) is 8.28. The van der Waals surface area contributed by atoms with Gasteiger partial charge < -0.3 is 14.2 Å². The first kappa shape index (κ1) is 16.9. The Labute approximate surface area is 154 Å². The van der Waals surface area contributed by atoms with E-state index >= 15 is 0 Å². The number of nitrogens with one attached hydrogen (secondary N) is 2. The van der Waals surface area contributed by atoms with Gasteiger partial charge in [-0.15, -0.1) is 0 Å². The molecule has 138 valence electrons. The lowest BCUT2D eigenvalue weighted by Gasteiger charge is -2.32. The molecule has 2 N–H and O–H groups in total. The van der Waals surface area contributed by atoms with Crippen molar-refractivity contribution in [1.82, 2.24) is 10.9 Å². The summed E-state index contributed by atoms with van der Waals surface area (Å²) in [5, 5.41) is 0. The van der Waals surface area contributed by atoms with Gasteiger partial charge in [0, 0.05) is 12.0 Å². The van der Waals surface area contributed by atoms with E-state index in [-0.39, 0.29) is 18.8 Å². The third kappa shape index (κ3) is 3.05. The normalized spacial score (nSPS) is 19.7. The minimum absolute atomic E-state index is 0.0995. The van der Waals surface area contributed by atoms with Gasteiger partial charge in [-0.25, -0.2) is 4.79 Å². The number of cyclic esters (lactones) is 1. The zero-order chi connectivity index (χ0) is 19.0. The van der Waals surface area contributed by atoms with Crippen LogP contribution in [0.25, 0.3) is 0 Å². The van der Waals surface area contributed by atoms with Gasteiger partial charge in [-0.1, -0.05) is 18.2 Å². The van der Waals surface area contributed by atoms with Crippen molar-refractivity contribution >= 4 is 17.8 Å². The van der Waals surface area contributed by atoms with E-state index in [1.165, 1.54) is 13.0 Å². The molecular formula is C19H16N2O6. The number of carbonyl (C=O) groups excluding carboxylic acids is 3. The molecule has 0 radical (unpaired) electrons. The molecule has 0 saturated heterocycles. The summed E-state index contributed by atoms with van der Waals surface area (Å²) >= 11 is 0. The zero-order valence-corrected chi connectivity index (χ0v) is 14.4. The van der Waals surface area contributed by atoms with Gasteiger partial charge in [-0.2, -0.15) is 0 Å². The Bertz CT molecular complexity index is 957. The number of hydrazine groups is 1. The second kappa shape index (κ2) is 6.31. The van der Waals surface area contributed by atoms with E-state index in [0.717, 1.165) is 0 Å². The third-order valence-corrected chi connectivity index (χ3v) is 4.49. The second-order valence-corrected chi connectivity index (χ2v) is 6.43. The molecule has 4 rings (SSSR count). The largest absolute Gasteiger partial charge is 0.454 e. The maximum Gasteiger partial charge on any atom is 0.339 e.